The summed E-state index contributed by atoms with van der Waals surface area (Å²) in [5, 5.41) is 0. The first kappa shape index (κ1) is 13.8. The van der Waals surface area contributed by atoms with Gasteiger partial charge in [0, 0.05) is 27.1 Å². The number of hydrogen-bond acceptors (Lipinski definition) is 5. The Morgan fingerprint density at radius 2 is 2.24 bits per heavy atom. The highest BCUT2D eigenvalue weighted by Crippen LogP contribution is 2.37. The zero-order valence-electron chi connectivity index (χ0n) is 12.0. The average Bonchev–Trinajstić information content (AvgIpc) is 2.90. The molecule has 3 rings (SSSR count). The topological polar surface area (TPSA) is 64.3 Å². The molecule has 6 heteroatoms. The zero-order valence-corrected chi connectivity index (χ0v) is 12.0. The predicted molar refractivity (Wildman–Crippen MR) is 78.9 cm³/mol. The van der Waals surface area contributed by atoms with Gasteiger partial charge in [0.05, 0.1) is 11.8 Å². The van der Waals surface area contributed by atoms with Crippen molar-refractivity contribution >= 4 is 5.82 Å². The third-order valence-corrected chi connectivity index (χ3v) is 3.48. The van der Waals surface area contributed by atoms with Gasteiger partial charge in [-0.3, -0.25) is 0 Å². The highest BCUT2D eigenvalue weighted by Gasteiger charge is 2.26. The maximum absolute atomic E-state index is 13.7. The molecule has 0 unspecified atom stereocenters. The lowest BCUT2D eigenvalue weighted by Crippen LogP contribution is -2.24. The van der Waals surface area contributed by atoms with Crippen molar-refractivity contribution in [2.24, 2.45) is 5.73 Å². The van der Waals surface area contributed by atoms with E-state index in [9.17, 15) is 4.39 Å². The van der Waals surface area contributed by atoms with Crippen LogP contribution in [0.5, 0.6) is 5.75 Å². The van der Waals surface area contributed by atoms with Crippen molar-refractivity contribution in [2.75, 3.05) is 25.5 Å². The Bertz CT molecular complexity index is 675. The summed E-state index contributed by atoms with van der Waals surface area (Å²) in [6.07, 6.45) is 1.95. The van der Waals surface area contributed by atoms with E-state index < -0.39 is 5.82 Å². The molecule has 0 radical (unpaired) electrons. The fourth-order valence-corrected chi connectivity index (χ4v) is 2.45. The molecule has 1 aromatic heterocycles. The first-order valence-electron chi connectivity index (χ1n) is 6.79. The van der Waals surface area contributed by atoms with Crippen LogP contribution in [0.4, 0.5) is 10.2 Å². The lowest BCUT2D eigenvalue weighted by molar-refractivity contribution is 0.242. The second-order valence-electron chi connectivity index (χ2n) is 5.23. The van der Waals surface area contributed by atoms with Crippen LogP contribution in [0.25, 0.3) is 11.4 Å². The van der Waals surface area contributed by atoms with E-state index in [1.165, 1.54) is 6.20 Å². The minimum atomic E-state index is -0.447. The van der Waals surface area contributed by atoms with Crippen LogP contribution in [0.3, 0.4) is 0 Å². The van der Waals surface area contributed by atoms with Gasteiger partial charge in [-0.2, -0.15) is 0 Å². The van der Waals surface area contributed by atoms with Crippen LogP contribution in [0.15, 0.2) is 24.4 Å². The third-order valence-electron chi connectivity index (χ3n) is 3.48. The Balaban J connectivity index is 2.07. The number of fused-ring (bicyclic) bond motifs is 1. The lowest BCUT2D eigenvalue weighted by atomic mass is 10.1. The van der Waals surface area contributed by atoms with Crippen molar-refractivity contribution in [2.45, 2.75) is 12.5 Å². The lowest BCUT2D eigenvalue weighted by Gasteiger charge is -2.14. The summed E-state index contributed by atoms with van der Waals surface area (Å²) < 4.78 is 19.6. The summed E-state index contributed by atoms with van der Waals surface area (Å²) in [4.78, 5) is 10.0. The molecule has 2 heterocycles. The van der Waals surface area contributed by atoms with Crippen LogP contribution in [-0.4, -0.2) is 36.7 Å². The summed E-state index contributed by atoms with van der Waals surface area (Å²) in [6, 6.07) is 5.81. The van der Waals surface area contributed by atoms with Gasteiger partial charge < -0.3 is 15.4 Å². The molecule has 0 amide bonds. The SMILES string of the molecule is CN(C)c1nc(-c2cccc3c2O[C@@H](CN)C3)ncc1F. The van der Waals surface area contributed by atoms with Gasteiger partial charge in [0.25, 0.3) is 0 Å². The summed E-state index contributed by atoms with van der Waals surface area (Å²) in [7, 11) is 3.48. The van der Waals surface area contributed by atoms with Gasteiger partial charge >= 0.3 is 0 Å². The van der Waals surface area contributed by atoms with E-state index in [1.54, 1.807) is 19.0 Å². The van der Waals surface area contributed by atoms with Crippen molar-refractivity contribution in [3.05, 3.63) is 35.8 Å². The van der Waals surface area contributed by atoms with Crippen LogP contribution < -0.4 is 15.4 Å². The zero-order chi connectivity index (χ0) is 15.0. The molecule has 2 aromatic rings. The van der Waals surface area contributed by atoms with Crippen molar-refractivity contribution in [1.29, 1.82) is 0 Å². The van der Waals surface area contributed by atoms with Crippen molar-refractivity contribution in [1.82, 2.24) is 9.97 Å². The highest BCUT2D eigenvalue weighted by atomic mass is 19.1. The van der Waals surface area contributed by atoms with Crippen molar-refractivity contribution in [3.8, 4) is 17.1 Å². The molecule has 1 aliphatic heterocycles. The molecule has 0 bridgehead atoms. The third kappa shape index (κ3) is 2.42. The molecule has 110 valence electrons. The van der Waals surface area contributed by atoms with Gasteiger partial charge in [-0.15, -0.1) is 0 Å². The van der Waals surface area contributed by atoms with Crippen LogP contribution in [0.1, 0.15) is 5.56 Å². The number of nitrogens with zero attached hydrogens (tertiary/aromatic N) is 3. The van der Waals surface area contributed by atoms with E-state index in [4.69, 9.17) is 10.5 Å². The minimum absolute atomic E-state index is 0.0186. The fourth-order valence-electron chi connectivity index (χ4n) is 2.45. The molecule has 1 atom stereocenters. The van der Waals surface area contributed by atoms with Crippen LogP contribution in [0, 0.1) is 5.82 Å². The number of nitrogens with two attached hydrogens (primary N) is 1. The van der Waals surface area contributed by atoms with E-state index in [1.807, 2.05) is 18.2 Å². The maximum Gasteiger partial charge on any atom is 0.183 e. The average molecular weight is 288 g/mol. The van der Waals surface area contributed by atoms with Crippen LogP contribution in [-0.2, 0) is 6.42 Å². The predicted octanol–water partition coefficient (Wildman–Crippen LogP) is 1.61. The molecule has 0 saturated heterocycles. The van der Waals surface area contributed by atoms with E-state index >= 15 is 0 Å². The Hall–Kier alpha value is -2.21. The van der Waals surface area contributed by atoms with Crippen molar-refractivity contribution in [3.63, 3.8) is 0 Å². The first-order valence-corrected chi connectivity index (χ1v) is 6.79. The van der Waals surface area contributed by atoms with E-state index in [0.717, 1.165) is 23.3 Å². The quantitative estimate of drug-likeness (QED) is 0.929. The molecular weight excluding hydrogens is 271 g/mol. The number of benzene rings is 1. The number of hydrogen-bond donors (Lipinski definition) is 1. The fraction of sp³-hybridized carbons (Fsp3) is 0.333. The van der Waals surface area contributed by atoms with Crippen LogP contribution in [0.2, 0.25) is 0 Å². The maximum atomic E-state index is 13.7. The molecule has 0 saturated carbocycles. The minimum Gasteiger partial charge on any atom is -0.488 e. The number of halogens is 1. The Morgan fingerprint density at radius 3 is 2.95 bits per heavy atom. The number of rotatable bonds is 3. The number of aromatic nitrogens is 2. The van der Waals surface area contributed by atoms with Gasteiger partial charge in [0.1, 0.15) is 11.9 Å². The Morgan fingerprint density at radius 1 is 1.43 bits per heavy atom. The Kier molecular flexibility index (Phi) is 3.47. The highest BCUT2D eigenvalue weighted by molar-refractivity contribution is 5.68. The largest absolute Gasteiger partial charge is 0.488 e. The molecule has 0 spiro atoms. The second kappa shape index (κ2) is 5.29. The van der Waals surface area contributed by atoms with Gasteiger partial charge in [0.2, 0.25) is 0 Å². The van der Waals surface area contributed by atoms with Gasteiger partial charge in [-0.1, -0.05) is 12.1 Å². The van der Waals surface area contributed by atoms with E-state index in [-0.39, 0.29) is 11.9 Å². The second-order valence-corrected chi connectivity index (χ2v) is 5.23. The normalized spacial score (nSPS) is 16.5. The standard InChI is InChI=1S/C15H17FN4O/c1-20(2)15-12(16)8-18-14(19-15)11-5-3-4-9-6-10(7-17)21-13(9)11/h3-5,8,10H,6-7,17H2,1-2H3/t10-/m1/s1. The monoisotopic (exact) mass is 288 g/mol. The van der Waals surface area contributed by atoms with Gasteiger partial charge in [-0.25, -0.2) is 14.4 Å². The number of anilines is 1. The smallest absolute Gasteiger partial charge is 0.183 e. The molecule has 0 fully saturated rings. The molecule has 2 N–H and O–H groups in total. The van der Waals surface area contributed by atoms with Gasteiger partial charge in [-0.05, 0) is 11.6 Å². The molecular formula is C15H17FN4O. The summed E-state index contributed by atoms with van der Waals surface area (Å²) in [6.45, 7) is 0.460. The van der Waals surface area contributed by atoms with E-state index in [0.29, 0.717) is 12.4 Å². The molecule has 21 heavy (non-hydrogen) atoms. The van der Waals surface area contributed by atoms with Crippen molar-refractivity contribution < 1.29 is 9.13 Å². The summed E-state index contributed by atoms with van der Waals surface area (Å²) >= 11 is 0. The van der Waals surface area contributed by atoms with E-state index in [2.05, 4.69) is 9.97 Å². The molecule has 0 aliphatic carbocycles. The number of ether oxygens (including phenoxy) is 1. The molecule has 1 aromatic carbocycles. The Labute approximate surface area is 122 Å². The molecule has 5 nitrogen and oxygen atoms in total. The number of para-hydroxylation sites is 1. The van der Waals surface area contributed by atoms with Crippen LogP contribution >= 0.6 is 0 Å². The molecule has 1 aliphatic rings. The summed E-state index contributed by atoms with van der Waals surface area (Å²) in [5.41, 5.74) is 7.53. The van der Waals surface area contributed by atoms with Gasteiger partial charge in [0.15, 0.2) is 17.5 Å². The summed E-state index contributed by atoms with van der Waals surface area (Å²) in [5.74, 6) is 1.02. The first-order chi connectivity index (χ1) is 10.1.